The van der Waals surface area contributed by atoms with Gasteiger partial charge in [-0.05, 0) is 32.4 Å². The van der Waals surface area contributed by atoms with Crippen molar-refractivity contribution >= 4 is 12.4 Å². The summed E-state index contributed by atoms with van der Waals surface area (Å²) < 4.78 is 5.36. The molecule has 16 heavy (non-hydrogen) atoms. The fourth-order valence-corrected chi connectivity index (χ4v) is 2.04. The highest BCUT2D eigenvalue weighted by Gasteiger charge is 2.20. The quantitative estimate of drug-likeness (QED) is 0.858. The van der Waals surface area contributed by atoms with Crippen LogP contribution in [0.5, 0.6) is 11.5 Å². The lowest BCUT2D eigenvalue weighted by atomic mass is 10.0. The van der Waals surface area contributed by atoms with E-state index in [-0.39, 0.29) is 18.4 Å². The van der Waals surface area contributed by atoms with Gasteiger partial charge in [-0.25, -0.2) is 0 Å². The normalized spacial score (nSPS) is 19.2. The van der Waals surface area contributed by atoms with Gasteiger partial charge in [0.25, 0.3) is 0 Å². The van der Waals surface area contributed by atoms with E-state index in [1.807, 2.05) is 19.1 Å². The highest BCUT2D eigenvalue weighted by Crippen LogP contribution is 2.36. The number of halogens is 1. The zero-order chi connectivity index (χ0) is 10.7. The van der Waals surface area contributed by atoms with Crippen molar-refractivity contribution in [3.63, 3.8) is 0 Å². The van der Waals surface area contributed by atoms with E-state index in [2.05, 4.69) is 5.32 Å². The Hall–Kier alpha value is -0.930. The maximum Gasteiger partial charge on any atom is 0.162 e. The fourth-order valence-electron chi connectivity index (χ4n) is 2.04. The van der Waals surface area contributed by atoms with E-state index < -0.39 is 0 Å². The van der Waals surface area contributed by atoms with E-state index in [0.29, 0.717) is 18.1 Å². The lowest BCUT2D eigenvalue weighted by molar-refractivity contribution is 0.315. The highest BCUT2D eigenvalue weighted by atomic mass is 35.5. The molecule has 0 unspecified atom stereocenters. The average molecular weight is 244 g/mol. The fraction of sp³-hybridized carbons (Fsp3) is 0.500. The Bertz CT molecular complexity index is 338. The lowest BCUT2D eigenvalue weighted by Crippen LogP contribution is -2.13. The largest absolute Gasteiger partial charge is 0.504 e. The first-order chi connectivity index (χ1) is 7.33. The van der Waals surface area contributed by atoms with Crippen molar-refractivity contribution < 1.29 is 9.84 Å². The minimum atomic E-state index is 0. The third-order valence-electron chi connectivity index (χ3n) is 2.77. The molecule has 1 aliphatic rings. The molecule has 3 nitrogen and oxygen atoms in total. The van der Waals surface area contributed by atoms with Gasteiger partial charge in [0.15, 0.2) is 11.5 Å². The van der Waals surface area contributed by atoms with Crippen molar-refractivity contribution in [3.8, 4) is 11.5 Å². The molecule has 4 heteroatoms. The predicted octanol–water partition coefficient (Wildman–Crippen LogP) is 2.64. The Morgan fingerprint density at radius 2 is 2.31 bits per heavy atom. The number of para-hydroxylation sites is 1. The maximum atomic E-state index is 10.0. The van der Waals surface area contributed by atoms with Crippen molar-refractivity contribution in [2.24, 2.45) is 0 Å². The third-order valence-corrected chi connectivity index (χ3v) is 2.77. The Kier molecular flexibility index (Phi) is 4.90. The molecule has 1 atom stereocenters. The number of benzene rings is 1. The average Bonchev–Trinajstić information content (AvgIpc) is 2.74. The lowest BCUT2D eigenvalue weighted by Gasteiger charge is -2.15. The molecule has 1 aliphatic heterocycles. The Balaban J connectivity index is 0.00000128. The van der Waals surface area contributed by atoms with E-state index in [0.717, 1.165) is 18.5 Å². The number of phenolic OH excluding ortho intramolecular Hbond substituents is 1. The minimum Gasteiger partial charge on any atom is -0.504 e. The van der Waals surface area contributed by atoms with E-state index >= 15 is 0 Å². The summed E-state index contributed by atoms with van der Waals surface area (Å²) in [6.07, 6.45) is 2.26. The van der Waals surface area contributed by atoms with Crippen molar-refractivity contribution in [1.82, 2.24) is 5.32 Å². The van der Waals surface area contributed by atoms with Gasteiger partial charge in [-0.3, -0.25) is 0 Å². The van der Waals surface area contributed by atoms with Crippen LogP contribution in [0.4, 0.5) is 0 Å². The molecule has 0 amide bonds. The van der Waals surface area contributed by atoms with Gasteiger partial charge in [-0.1, -0.05) is 12.1 Å². The molecule has 0 saturated carbocycles. The smallest absolute Gasteiger partial charge is 0.162 e. The van der Waals surface area contributed by atoms with Crippen LogP contribution in [0.25, 0.3) is 0 Å². The van der Waals surface area contributed by atoms with Gasteiger partial charge in [0.2, 0.25) is 0 Å². The van der Waals surface area contributed by atoms with Gasteiger partial charge in [0.05, 0.1) is 6.61 Å². The molecule has 1 saturated heterocycles. The van der Waals surface area contributed by atoms with Crippen LogP contribution >= 0.6 is 12.4 Å². The molecule has 1 aromatic rings. The summed E-state index contributed by atoms with van der Waals surface area (Å²) >= 11 is 0. The number of phenols is 1. The number of aromatic hydroxyl groups is 1. The summed E-state index contributed by atoms with van der Waals surface area (Å²) in [5.74, 6) is 0.877. The van der Waals surface area contributed by atoms with Crippen molar-refractivity contribution in [1.29, 1.82) is 0 Å². The van der Waals surface area contributed by atoms with Crippen molar-refractivity contribution in [2.45, 2.75) is 25.8 Å². The maximum absolute atomic E-state index is 10.0. The van der Waals surface area contributed by atoms with Crippen LogP contribution in [0, 0.1) is 0 Å². The van der Waals surface area contributed by atoms with Crippen LogP contribution in [-0.4, -0.2) is 18.3 Å². The molecule has 90 valence electrons. The summed E-state index contributed by atoms with van der Waals surface area (Å²) in [6.45, 7) is 3.53. The van der Waals surface area contributed by atoms with Crippen LogP contribution in [0.15, 0.2) is 18.2 Å². The highest BCUT2D eigenvalue weighted by molar-refractivity contribution is 5.85. The van der Waals surface area contributed by atoms with E-state index in [1.165, 1.54) is 6.42 Å². The van der Waals surface area contributed by atoms with E-state index in [4.69, 9.17) is 4.74 Å². The Morgan fingerprint density at radius 3 is 2.94 bits per heavy atom. The van der Waals surface area contributed by atoms with Crippen LogP contribution in [0.3, 0.4) is 0 Å². The molecular formula is C12H18ClNO2. The molecule has 0 radical (unpaired) electrons. The molecule has 1 fully saturated rings. The molecule has 2 rings (SSSR count). The third kappa shape index (κ3) is 2.60. The minimum absolute atomic E-state index is 0. The van der Waals surface area contributed by atoms with Gasteiger partial charge >= 0.3 is 0 Å². The van der Waals surface area contributed by atoms with E-state index in [9.17, 15) is 5.11 Å². The second kappa shape index (κ2) is 5.97. The van der Waals surface area contributed by atoms with E-state index in [1.54, 1.807) is 6.07 Å². The molecule has 1 heterocycles. The van der Waals surface area contributed by atoms with Crippen LogP contribution in [0.2, 0.25) is 0 Å². The number of ether oxygens (including phenoxy) is 1. The Morgan fingerprint density at radius 1 is 1.50 bits per heavy atom. The topological polar surface area (TPSA) is 41.5 Å². The first-order valence-corrected chi connectivity index (χ1v) is 5.51. The number of rotatable bonds is 3. The summed E-state index contributed by atoms with van der Waals surface area (Å²) in [5.41, 5.74) is 0.957. The van der Waals surface area contributed by atoms with Gasteiger partial charge in [0, 0.05) is 11.6 Å². The predicted molar refractivity (Wildman–Crippen MR) is 66.5 cm³/mol. The molecule has 0 bridgehead atoms. The first kappa shape index (κ1) is 13.1. The number of nitrogens with one attached hydrogen (secondary N) is 1. The van der Waals surface area contributed by atoms with Crippen LogP contribution < -0.4 is 10.1 Å². The number of hydrogen-bond acceptors (Lipinski definition) is 3. The molecule has 0 aromatic heterocycles. The molecular weight excluding hydrogens is 226 g/mol. The van der Waals surface area contributed by atoms with Gasteiger partial charge in [-0.2, -0.15) is 0 Å². The summed E-state index contributed by atoms with van der Waals surface area (Å²) in [4.78, 5) is 0. The van der Waals surface area contributed by atoms with Gasteiger partial charge in [0.1, 0.15) is 0 Å². The van der Waals surface area contributed by atoms with Crippen LogP contribution in [-0.2, 0) is 0 Å². The van der Waals surface area contributed by atoms with Gasteiger partial charge in [-0.15, -0.1) is 12.4 Å². The van der Waals surface area contributed by atoms with Crippen LogP contribution in [0.1, 0.15) is 31.4 Å². The first-order valence-electron chi connectivity index (χ1n) is 5.51. The monoisotopic (exact) mass is 243 g/mol. The number of hydrogen-bond donors (Lipinski definition) is 2. The SMILES string of the molecule is CCOc1cccc([C@@H]2CCCN2)c1O.Cl. The second-order valence-corrected chi connectivity index (χ2v) is 3.78. The van der Waals surface area contributed by atoms with Gasteiger partial charge < -0.3 is 15.2 Å². The molecule has 0 spiro atoms. The Labute approximate surface area is 102 Å². The summed E-state index contributed by atoms with van der Waals surface area (Å²) in [5, 5.41) is 13.4. The summed E-state index contributed by atoms with van der Waals surface area (Å²) in [6, 6.07) is 5.98. The molecule has 1 aromatic carbocycles. The van der Waals surface area contributed by atoms with Crippen molar-refractivity contribution in [3.05, 3.63) is 23.8 Å². The zero-order valence-electron chi connectivity index (χ0n) is 9.40. The van der Waals surface area contributed by atoms with Crippen molar-refractivity contribution in [2.75, 3.05) is 13.2 Å². The summed E-state index contributed by atoms with van der Waals surface area (Å²) in [7, 11) is 0. The standard InChI is InChI=1S/C12H17NO2.ClH/c1-2-15-11-7-3-5-9(12(11)14)10-6-4-8-13-10;/h3,5,7,10,13-14H,2,4,6,8H2,1H3;1H/t10-;/m0./s1. The second-order valence-electron chi connectivity index (χ2n) is 3.78. The zero-order valence-corrected chi connectivity index (χ0v) is 10.2. The molecule has 2 N–H and O–H groups in total. The molecule has 0 aliphatic carbocycles.